The minimum atomic E-state index is -5.84. The van der Waals surface area contributed by atoms with Crippen molar-refractivity contribution < 1.29 is 49.6 Å². The van der Waals surface area contributed by atoms with Crippen molar-refractivity contribution in [2.45, 2.75) is 84.9 Å². The molecule has 0 aromatic heterocycles. The van der Waals surface area contributed by atoms with Gasteiger partial charge in [-0.25, -0.2) is 14.5 Å². The summed E-state index contributed by atoms with van der Waals surface area (Å²) in [7, 11) is -1.80. The first-order valence-corrected chi connectivity index (χ1v) is 17.1. The molecule has 0 aliphatic carbocycles. The lowest BCUT2D eigenvalue weighted by atomic mass is 9.98. The Labute approximate surface area is 282 Å². The van der Waals surface area contributed by atoms with Gasteiger partial charge >= 0.3 is 27.8 Å². The van der Waals surface area contributed by atoms with Crippen LogP contribution in [0.2, 0.25) is 0 Å². The lowest BCUT2D eigenvalue weighted by Gasteiger charge is -2.34. The molecule has 15 heteroatoms. The second-order valence-corrected chi connectivity index (χ2v) is 15.7. The lowest BCUT2D eigenvalue weighted by Crippen LogP contribution is -2.42. The molecule has 0 saturated heterocycles. The maximum Gasteiger partial charge on any atom is 0.534 e. The van der Waals surface area contributed by atoms with E-state index in [1.54, 1.807) is 32.6 Å². The second-order valence-electron chi connectivity index (χ2n) is 14.2. The maximum atomic E-state index is 12.7. The van der Waals surface area contributed by atoms with E-state index in [0.29, 0.717) is 19.1 Å². The van der Waals surface area contributed by atoms with E-state index in [2.05, 4.69) is 22.1 Å². The Morgan fingerprint density at radius 2 is 1.40 bits per heavy atom. The van der Waals surface area contributed by atoms with Crippen LogP contribution in [-0.4, -0.2) is 92.4 Å². The van der Waals surface area contributed by atoms with Gasteiger partial charge in [0, 0.05) is 25.2 Å². The zero-order valence-corrected chi connectivity index (χ0v) is 30.3. The summed E-state index contributed by atoms with van der Waals surface area (Å²) in [6.07, 6.45) is 3.21. The number of hydrogen-bond acceptors (Lipinski definition) is 9. The summed E-state index contributed by atoms with van der Waals surface area (Å²) in [5, 5.41) is 0. The second kappa shape index (κ2) is 16.3. The number of carbonyl (C=O) groups excluding carboxylic acids is 2. The number of hydrogen-bond donors (Lipinski definition) is 0. The van der Waals surface area contributed by atoms with Gasteiger partial charge in [-0.3, -0.25) is 4.90 Å². The number of halogens is 3. The van der Waals surface area contributed by atoms with E-state index >= 15 is 0 Å². The van der Waals surface area contributed by atoms with Gasteiger partial charge in [-0.15, -0.1) is 0 Å². The number of amides is 2. The van der Waals surface area contributed by atoms with E-state index in [9.17, 15) is 31.2 Å². The molecule has 0 bridgehead atoms. The molecular weight excluding hydrogens is 655 g/mol. The number of rotatable bonds is 7. The molecule has 48 heavy (non-hydrogen) atoms. The van der Waals surface area contributed by atoms with Crippen molar-refractivity contribution in [2.24, 2.45) is 11.8 Å². The first-order valence-electron chi connectivity index (χ1n) is 15.7. The zero-order chi connectivity index (χ0) is 36.7. The van der Waals surface area contributed by atoms with E-state index in [1.807, 2.05) is 59.1 Å². The van der Waals surface area contributed by atoms with Crippen molar-refractivity contribution in [3.8, 4) is 5.75 Å². The highest BCUT2D eigenvalue weighted by Gasteiger charge is 2.50. The van der Waals surface area contributed by atoms with Crippen LogP contribution in [0.15, 0.2) is 42.3 Å². The summed E-state index contributed by atoms with van der Waals surface area (Å²) >= 11 is 0. The number of carbonyl (C=O) groups is 2. The Morgan fingerprint density at radius 3 is 1.92 bits per heavy atom. The summed E-state index contributed by atoms with van der Waals surface area (Å²) in [6.45, 7) is 16.4. The van der Waals surface area contributed by atoms with Crippen LogP contribution in [0.1, 0.15) is 73.8 Å². The molecule has 2 aliphatic heterocycles. The molecule has 0 saturated carbocycles. The Kier molecular flexibility index (Phi) is 13.8. The molecule has 3 rings (SSSR count). The molecule has 0 N–H and O–H groups in total. The van der Waals surface area contributed by atoms with Gasteiger partial charge in [0.2, 0.25) is 5.88 Å². The lowest BCUT2D eigenvalue weighted by molar-refractivity contribution is -0.0546. The standard InChI is InChI=1S/C21H32N2O3.C12H18F3NO5S/c1-16-10-11-19(23(15-16)20(24)26-21(2,3)4)17-8-7-9-18(14-17)25-13-12-22(5)6;1-8-5-6-9(21-22(18,19)12(13,14)15)16(7-8)10(17)20-11(2,3)4/h7-9,11,14,16H,10,12-13,15H2,1-6H3;6,8H,5,7H2,1-4H3/t16-;8-/m00/s1. The number of benzene rings is 1. The van der Waals surface area contributed by atoms with Gasteiger partial charge in [0.05, 0.1) is 5.70 Å². The highest BCUT2D eigenvalue weighted by atomic mass is 32.2. The van der Waals surface area contributed by atoms with Crippen LogP contribution >= 0.6 is 0 Å². The molecule has 1 aromatic carbocycles. The summed E-state index contributed by atoms with van der Waals surface area (Å²) in [5.74, 6) is 0.455. The van der Waals surface area contributed by atoms with Crippen molar-refractivity contribution in [1.29, 1.82) is 0 Å². The van der Waals surface area contributed by atoms with Gasteiger partial charge in [0.25, 0.3) is 0 Å². The third kappa shape index (κ3) is 13.2. The fourth-order valence-electron chi connectivity index (χ4n) is 4.37. The molecule has 1 aromatic rings. The van der Waals surface area contributed by atoms with Crippen molar-refractivity contribution in [2.75, 3.05) is 40.3 Å². The molecule has 2 atom stereocenters. The maximum absolute atomic E-state index is 12.7. The quantitative estimate of drug-likeness (QED) is 0.214. The zero-order valence-electron chi connectivity index (χ0n) is 29.5. The Morgan fingerprint density at radius 1 is 0.875 bits per heavy atom. The molecule has 2 amide bonds. The fourth-order valence-corrected chi connectivity index (χ4v) is 4.85. The Hall–Kier alpha value is -3.46. The largest absolute Gasteiger partial charge is 0.534 e. The van der Waals surface area contributed by atoms with Crippen LogP contribution in [0.25, 0.3) is 5.70 Å². The van der Waals surface area contributed by atoms with Crippen LogP contribution < -0.4 is 4.74 Å². The molecule has 0 fully saturated rings. The number of ether oxygens (including phenoxy) is 3. The molecule has 272 valence electrons. The van der Waals surface area contributed by atoms with Gasteiger partial charge in [-0.05, 0) is 98.5 Å². The number of alkyl halides is 3. The van der Waals surface area contributed by atoms with E-state index in [0.717, 1.165) is 41.0 Å². The summed E-state index contributed by atoms with van der Waals surface area (Å²) in [6, 6.07) is 7.92. The summed E-state index contributed by atoms with van der Waals surface area (Å²) < 4.78 is 79.9. The van der Waals surface area contributed by atoms with Crippen LogP contribution in [-0.2, 0) is 23.8 Å². The van der Waals surface area contributed by atoms with Crippen LogP contribution in [0, 0.1) is 11.8 Å². The normalized spacial score (nSPS) is 19.0. The first-order chi connectivity index (χ1) is 21.9. The molecule has 2 aliphatic rings. The van der Waals surface area contributed by atoms with Gasteiger partial charge in [-0.2, -0.15) is 21.6 Å². The molecule has 0 unspecified atom stereocenters. The number of allylic oxidation sites excluding steroid dienone is 2. The average molecular weight is 706 g/mol. The third-order valence-electron chi connectivity index (χ3n) is 6.60. The molecular formula is C33H50F3N3O8S. The highest BCUT2D eigenvalue weighted by Crippen LogP contribution is 2.32. The topological polar surface area (TPSA) is 115 Å². The van der Waals surface area contributed by atoms with E-state index in [1.165, 1.54) is 0 Å². The van der Waals surface area contributed by atoms with Crippen molar-refractivity contribution in [3.63, 3.8) is 0 Å². The van der Waals surface area contributed by atoms with Crippen LogP contribution in [0.3, 0.4) is 0 Å². The van der Waals surface area contributed by atoms with Crippen molar-refractivity contribution >= 4 is 28.0 Å². The predicted molar refractivity (Wildman–Crippen MR) is 176 cm³/mol. The molecule has 2 heterocycles. The van der Waals surface area contributed by atoms with Crippen LogP contribution in [0.4, 0.5) is 22.8 Å². The molecule has 0 spiro atoms. The summed E-state index contributed by atoms with van der Waals surface area (Å²) in [5.41, 5.74) is -5.09. The van der Waals surface area contributed by atoms with Gasteiger partial charge in [-0.1, -0.05) is 32.1 Å². The minimum absolute atomic E-state index is 0.00583. The van der Waals surface area contributed by atoms with Gasteiger partial charge in [0.1, 0.15) is 23.6 Å². The fraction of sp³-hybridized carbons (Fsp3) is 0.636. The molecule has 11 nitrogen and oxygen atoms in total. The minimum Gasteiger partial charge on any atom is -0.492 e. The monoisotopic (exact) mass is 705 g/mol. The third-order valence-corrected chi connectivity index (χ3v) is 7.55. The Bertz CT molecular complexity index is 1430. The Balaban J connectivity index is 0.000000339. The van der Waals surface area contributed by atoms with Crippen molar-refractivity contribution in [1.82, 2.24) is 14.7 Å². The smallest absolute Gasteiger partial charge is 0.492 e. The van der Waals surface area contributed by atoms with Gasteiger partial charge in [0.15, 0.2) is 0 Å². The SMILES string of the molecule is C[C@H]1CC=C(OS(=O)(=O)C(F)(F)F)N(C(=O)OC(C)(C)C)C1.C[C@H]1CC=C(c2cccc(OCCN(C)C)c2)N(C(=O)OC(C)(C)C)C1. The summed E-state index contributed by atoms with van der Waals surface area (Å²) in [4.78, 5) is 29.3. The van der Waals surface area contributed by atoms with E-state index < -0.39 is 38.8 Å². The highest BCUT2D eigenvalue weighted by molar-refractivity contribution is 7.87. The number of nitrogens with zero attached hydrogens (tertiary/aromatic N) is 3. The van der Waals surface area contributed by atoms with Crippen molar-refractivity contribution in [3.05, 3.63) is 47.9 Å². The average Bonchev–Trinajstić information content (AvgIpc) is 2.91. The first kappa shape index (κ1) is 40.7. The number of likely N-dealkylation sites (N-methyl/N-ethyl adjacent to an activating group) is 1. The van der Waals surface area contributed by atoms with Gasteiger partial charge < -0.3 is 23.3 Å². The van der Waals surface area contributed by atoms with E-state index in [-0.39, 0.29) is 25.0 Å². The predicted octanol–water partition coefficient (Wildman–Crippen LogP) is 7.22. The van der Waals surface area contributed by atoms with E-state index in [4.69, 9.17) is 14.2 Å². The van der Waals surface area contributed by atoms with Crippen LogP contribution in [0.5, 0.6) is 5.75 Å². The molecule has 0 radical (unpaired) electrons.